The van der Waals surface area contributed by atoms with E-state index < -0.39 is 10.0 Å². The number of hydrogen-bond acceptors (Lipinski definition) is 6. The Morgan fingerprint density at radius 1 is 1.12 bits per heavy atom. The second-order valence-electron chi connectivity index (χ2n) is 5.40. The van der Waals surface area contributed by atoms with E-state index in [1.165, 1.54) is 20.3 Å². The number of thiophene rings is 1. The number of nitrogens with one attached hydrogen (secondary N) is 1. The molecule has 3 aromatic rings. The summed E-state index contributed by atoms with van der Waals surface area (Å²) in [6.45, 7) is 0.120. The van der Waals surface area contributed by atoms with Crippen molar-refractivity contribution in [2.45, 2.75) is 11.4 Å². The fourth-order valence-corrected chi connectivity index (χ4v) is 4.32. The maximum absolute atomic E-state index is 12.7. The molecule has 0 radical (unpaired) electrons. The van der Waals surface area contributed by atoms with Crippen LogP contribution in [0.1, 0.15) is 5.56 Å². The molecule has 26 heavy (non-hydrogen) atoms. The molecule has 6 nitrogen and oxygen atoms in total. The highest BCUT2D eigenvalue weighted by Gasteiger charge is 2.20. The molecule has 0 unspecified atom stereocenters. The molecule has 8 heteroatoms. The Hall–Kier alpha value is -2.42. The van der Waals surface area contributed by atoms with E-state index in [-0.39, 0.29) is 17.2 Å². The maximum atomic E-state index is 12.7. The van der Waals surface area contributed by atoms with Gasteiger partial charge >= 0.3 is 0 Å². The van der Waals surface area contributed by atoms with Crippen LogP contribution in [0, 0.1) is 0 Å². The Morgan fingerprint density at radius 3 is 2.65 bits per heavy atom. The molecule has 0 atom stereocenters. The van der Waals surface area contributed by atoms with Gasteiger partial charge in [-0.2, -0.15) is 0 Å². The number of nitrogens with zero attached hydrogens (tertiary/aromatic N) is 1. The number of methoxy groups -OCH3 is 2. The van der Waals surface area contributed by atoms with Gasteiger partial charge in [0.25, 0.3) is 0 Å². The van der Waals surface area contributed by atoms with Crippen LogP contribution in [0.5, 0.6) is 11.5 Å². The van der Waals surface area contributed by atoms with Crippen LogP contribution in [-0.2, 0) is 16.6 Å². The second-order valence-corrected chi connectivity index (χ2v) is 8.08. The molecule has 0 saturated carbocycles. The first-order valence-corrected chi connectivity index (χ1v) is 10.1. The van der Waals surface area contributed by atoms with Crippen molar-refractivity contribution in [3.63, 3.8) is 0 Å². The summed E-state index contributed by atoms with van der Waals surface area (Å²) in [5.74, 6) is 0.691. The molecule has 0 aliphatic carbocycles. The summed E-state index contributed by atoms with van der Waals surface area (Å²) in [7, 11) is -0.875. The van der Waals surface area contributed by atoms with Crippen LogP contribution in [0.25, 0.3) is 10.4 Å². The molecule has 2 heterocycles. The van der Waals surface area contributed by atoms with Crippen LogP contribution in [0.3, 0.4) is 0 Å². The smallest absolute Gasteiger partial charge is 0.244 e. The van der Waals surface area contributed by atoms with Gasteiger partial charge in [0, 0.05) is 35.4 Å². The first-order valence-electron chi connectivity index (χ1n) is 7.73. The zero-order valence-corrected chi connectivity index (χ0v) is 15.9. The topological polar surface area (TPSA) is 77.5 Å². The van der Waals surface area contributed by atoms with Crippen molar-refractivity contribution in [3.8, 4) is 21.9 Å². The van der Waals surface area contributed by atoms with E-state index in [0.717, 1.165) is 16.0 Å². The molecule has 0 amide bonds. The van der Waals surface area contributed by atoms with Crippen molar-refractivity contribution in [1.82, 2.24) is 9.71 Å². The van der Waals surface area contributed by atoms with Gasteiger partial charge in [0.15, 0.2) is 0 Å². The summed E-state index contributed by atoms with van der Waals surface area (Å²) in [4.78, 5) is 5.31. The maximum Gasteiger partial charge on any atom is 0.244 e. The van der Waals surface area contributed by atoms with Crippen molar-refractivity contribution < 1.29 is 17.9 Å². The first kappa shape index (κ1) is 18.4. The third kappa shape index (κ3) is 4.04. The van der Waals surface area contributed by atoms with Crippen LogP contribution in [0.15, 0.2) is 59.1 Å². The molecular weight excluding hydrogens is 372 g/mol. The van der Waals surface area contributed by atoms with Crippen LogP contribution in [-0.4, -0.2) is 27.6 Å². The minimum absolute atomic E-state index is 0.0294. The monoisotopic (exact) mass is 390 g/mol. The van der Waals surface area contributed by atoms with Crippen molar-refractivity contribution in [2.75, 3.05) is 14.2 Å². The summed E-state index contributed by atoms with van der Waals surface area (Å²) in [5.41, 5.74) is 1.72. The minimum atomic E-state index is -3.78. The number of pyridine rings is 1. The quantitative estimate of drug-likeness (QED) is 0.670. The highest BCUT2D eigenvalue weighted by molar-refractivity contribution is 7.89. The Kier molecular flexibility index (Phi) is 5.55. The van der Waals surface area contributed by atoms with E-state index in [1.807, 2.05) is 23.6 Å². The van der Waals surface area contributed by atoms with Gasteiger partial charge in [0.05, 0.1) is 14.2 Å². The largest absolute Gasteiger partial charge is 0.497 e. The van der Waals surface area contributed by atoms with Crippen LogP contribution in [0.4, 0.5) is 0 Å². The molecule has 0 aliphatic heterocycles. The summed E-state index contributed by atoms with van der Waals surface area (Å²) in [6, 6.07) is 10.5. The normalized spacial score (nSPS) is 11.3. The standard InChI is InChI=1S/C18H18N2O4S2/c1-23-15-5-6-16(24-2)18(9-15)26(21,22)20-11-13-8-14(12-19-10-13)17-4-3-7-25-17/h3-10,12,20H,11H2,1-2H3. The average molecular weight is 390 g/mol. The highest BCUT2D eigenvalue weighted by atomic mass is 32.2. The van der Waals surface area contributed by atoms with Gasteiger partial charge < -0.3 is 9.47 Å². The number of ether oxygens (including phenoxy) is 2. The second kappa shape index (κ2) is 7.86. The summed E-state index contributed by atoms with van der Waals surface area (Å²) in [5, 5.41) is 1.99. The molecule has 0 spiro atoms. The van der Waals surface area contributed by atoms with Crippen molar-refractivity contribution in [1.29, 1.82) is 0 Å². The Bertz CT molecular complexity index is 986. The molecule has 0 saturated heterocycles. The van der Waals surface area contributed by atoms with Gasteiger partial charge in [-0.15, -0.1) is 11.3 Å². The number of sulfonamides is 1. The lowest BCUT2D eigenvalue weighted by atomic mass is 10.2. The first-order chi connectivity index (χ1) is 12.5. The van der Waals surface area contributed by atoms with Gasteiger partial charge in [0.1, 0.15) is 16.4 Å². The molecule has 2 aromatic heterocycles. The van der Waals surface area contributed by atoms with Gasteiger partial charge in [-0.3, -0.25) is 4.98 Å². The summed E-state index contributed by atoms with van der Waals surface area (Å²) in [6.07, 6.45) is 3.40. The molecule has 1 N–H and O–H groups in total. The van der Waals surface area contributed by atoms with Crippen LogP contribution in [0.2, 0.25) is 0 Å². The third-order valence-electron chi connectivity index (χ3n) is 3.73. The molecule has 0 aliphatic rings. The zero-order valence-electron chi connectivity index (χ0n) is 14.3. The van der Waals surface area contributed by atoms with Crippen molar-refractivity contribution in [3.05, 3.63) is 59.7 Å². The van der Waals surface area contributed by atoms with Gasteiger partial charge in [-0.25, -0.2) is 13.1 Å². The number of rotatable bonds is 7. The lowest BCUT2D eigenvalue weighted by Gasteiger charge is -2.12. The van der Waals surface area contributed by atoms with Gasteiger partial charge in [-0.1, -0.05) is 6.07 Å². The Balaban J connectivity index is 1.82. The van der Waals surface area contributed by atoms with E-state index in [2.05, 4.69) is 9.71 Å². The lowest BCUT2D eigenvalue weighted by molar-refractivity contribution is 0.392. The van der Waals surface area contributed by atoms with Crippen LogP contribution >= 0.6 is 11.3 Å². The van der Waals surface area contributed by atoms with E-state index >= 15 is 0 Å². The van der Waals surface area contributed by atoms with Crippen molar-refractivity contribution in [2.24, 2.45) is 0 Å². The van der Waals surface area contributed by atoms with E-state index in [4.69, 9.17) is 9.47 Å². The highest BCUT2D eigenvalue weighted by Crippen LogP contribution is 2.28. The predicted molar refractivity (Wildman–Crippen MR) is 101 cm³/mol. The number of aromatic nitrogens is 1. The number of hydrogen-bond donors (Lipinski definition) is 1. The lowest BCUT2D eigenvalue weighted by Crippen LogP contribution is -2.24. The average Bonchev–Trinajstić information content (AvgIpc) is 3.21. The third-order valence-corrected chi connectivity index (χ3v) is 6.07. The Labute approximate surface area is 156 Å². The summed E-state index contributed by atoms with van der Waals surface area (Å²) >= 11 is 1.61. The molecule has 1 aromatic carbocycles. The zero-order chi connectivity index (χ0) is 18.6. The van der Waals surface area contributed by atoms with E-state index in [1.54, 1.807) is 35.9 Å². The fraction of sp³-hybridized carbons (Fsp3) is 0.167. The molecule has 136 valence electrons. The summed E-state index contributed by atoms with van der Waals surface area (Å²) < 4.78 is 38.3. The molecule has 3 rings (SSSR count). The predicted octanol–water partition coefficient (Wildman–Crippen LogP) is 3.31. The van der Waals surface area contributed by atoms with Gasteiger partial charge in [-0.05, 0) is 35.2 Å². The van der Waals surface area contributed by atoms with Gasteiger partial charge in [0.2, 0.25) is 10.0 Å². The minimum Gasteiger partial charge on any atom is -0.497 e. The van der Waals surface area contributed by atoms with E-state index in [0.29, 0.717) is 5.75 Å². The Morgan fingerprint density at radius 2 is 1.96 bits per heavy atom. The molecule has 0 bridgehead atoms. The molecular formula is C18H18N2O4S2. The fourth-order valence-electron chi connectivity index (χ4n) is 2.41. The van der Waals surface area contributed by atoms with Crippen LogP contribution < -0.4 is 14.2 Å². The van der Waals surface area contributed by atoms with Crippen molar-refractivity contribution >= 4 is 21.4 Å². The SMILES string of the molecule is COc1ccc(OC)c(S(=O)(=O)NCc2cncc(-c3cccs3)c2)c1. The molecule has 0 fully saturated rings. The van der Waals surface area contributed by atoms with E-state index in [9.17, 15) is 8.42 Å². The number of benzene rings is 1.